The van der Waals surface area contributed by atoms with Gasteiger partial charge in [0, 0.05) is 0 Å². The molecule has 0 radical (unpaired) electrons. The van der Waals surface area contributed by atoms with E-state index in [2.05, 4.69) is 69.2 Å². The van der Waals surface area contributed by atoms with Crippen LogP contribution in [0.15, 0.2) is 0 Å². The van der Waals surface area contributed by atoms with Crippen LogP contribution in [0.5, 0.6) is 0 Å². The summed E-state index contributed by atoms with van der Waals surface area (Å²) < 4.78 is 18.0. The van der Waals surface area contributed by atoms with Gasteiger partial charge in [0.15, 0.2) is 0 Å². The van der Waals surface area contributed by atoms with Gasteiger partial charge in [-0.05, 0) is 91.8 Å². The first-order chi connectivity index (χ1) is 54.0. The molecule has 1 rings (SSSR count). The number of hydrogen-bond donors (Lipinski definition) is 2. The fraction of sp³-hybridized carbons (Fsp3) is 1.00. The van der Waals surface area contributed by atoms with E-state index >= 15 is 4.57 Å². The predicted molar refractivity (Wildman–Crippen MR) is 500 cm³/mol. The molecular weight excluding hydrogens is 1350 g/mol. The molecule has 0 bridgehead atoms. The Morgan fingerprint density at radius 2 is 0.318 bits per heavy atom. The summed E-state index contributed by atoms with van der Waals surface area (Å²) in [5, 5.41) is -1.05. The van der Waals surface area contributed by atoms with E-state index in [4.69, 9.17) is 0 Å². The number of unbranched alkanes of at least 4 members (excludes halogenated alkanes) is 70. The van der Waals surface area contributed by atoms with E-state index < -0.39 is 18.2 Å². The van der Waals surface area contributed by atoms with Crippen LogP contribution in [0.3, 0.4) is 0 Å². The summed E-state index contributed by atoms with van der Waals surface area (Å²) in [4.78, 5) is 29.5. The van der Waals surface area contributed by atoms with Gasteiger partial charge >= 0.3 is 7.60 Å². The monoisotopic (exact) mass is 1570 g/mol. The smallest absolute Gasteiger partial charge is 0.324 e. The van der Waals surface area contributed by atoms with Crippen molar-refractivity contribution in [2.24, 2.45) is 27.6 Å². The molecule has 0 aromatic heterocycles. The Morgan fingerprint density at radius 1 is 0.173 bits per heavy atom. The topological polar surface area (TPSA) is 57.5 Å². The molecule has 0 saturated heterocycles. The Labute approximate surface area is 697 Å². The lowest BCUT2D eigenvalue weighted by molar-refractivity contribution is -0.288. The minimum absolute atomic E-state index is 0.0119. The maximum Gasteiger partial charge on any atom is 0.332 e. The van der Waals surface area contributed by atoms with E-state index in [-0.39, 0.29) is 22.2 Å². The van der Waals surface area contributed by atoms with Gasteiger partial charge < -0.3 is 9.79 Å². The molecule has 4 heteroatoms. The second kappa shape index (κ2) is 76.5. The van der Waals surface area contributed by atoms with Gasteiger partial charge in [-0.15, -0.1) is 0 Å². The normalized spacial score (nSPS) is 16.8. The third-order valence-corrected chi connectivity index (χ3v) is 31.8. The molecule has 2 atom stereocenters. The van der Waals surface area contributed by atoms with Gasteiger partial charge in [0.2, 0.25) is 0 Å². The summed E-state index contributed by atoms with van der Waals surface area (Å²) in [6.07, 6.45) is 118. The van der Waals surface area contributed by atoms with E-state index in [1.165, 1.54) is 539 Å². The molecule has 0 spiro atoms. The fourth-order valence-electron chi connectivity index (χ4n) is 23.7. The van der Waals surface area contributed by atoms with Crippen molar-refractivity contribution in [3.8, 4) is 0 Å². The predicted octanol–water partition coefficient (Wildman–Crippen LogP) is 39.8. The zero-order valence-electron chi connectivity index (χ0n) is 78.5. The molecule has 3 nitrogen and oxygen atoms in total. The highest BCUT2D eigenvalue weighted by atomic mass is 31.2. The first kappa shape index (κ1) is 108. The van der Waals surface area contributed by atoms with Gasteiger partial charge in [0.05, 0.1) is 5.16 Å². The summed E-state index contributed by atoms with van der Waals surface area (Å²) in [5.41, 5.74) is -0.727. The second-order valence-electron chi connectivity index (χ2n) is 38.7. The van der Waals surface area contributed by atoms with Gasteiger partial charge in [-0.25, -0.2) is 0 Å². The SMILES string of the molecule is CCCCCCCCCCC1C(CCCCCCCCCC)(CCCCCCCCCC)C(CCCCCCCCCC)(CCCCCCCCCC)C(CCCCCCCCCC)(CCCCCCCCCC)C(CCCCCCCCCC)(CCCCCCCCCC)C1(CCCCCCCCCC)P(=O)(O)O. The first-order valence-electron chi connectivity index (χ1n) is 53.0. The lowest BCUT2D eigenvalue weighted by Gasteiger charge is -2.80. The summed E-state index contributed by atoms with van der Waals surface area (Å²) >= 11 is 0. The maximum absolute atomic E-state index is 18.0. The third-order valence-electron chi connectivity index (χ3n) is 29.8. The van der Waals surface area contributed by atoms with Crippen molar-refractivity contribution in [1.29, 1.82) is 0 Å². The van der Waals surface area contributed by atoms with Crippen molar-refractivity contribution < 1.29 is 14.4 Å². The minimum atomic E-state index is -4.90. The van der Waals surface area contributed by atoms with Crippen LogP contribution in [0.4, 0.5) is 0 Å². The summed E-state index contributed by atoms with van der Waals surface area (Å²) in [6.45, 7) is 23.9. The van der Waals surface area contributed by atoms with Crippen LogP contribution < -0.4 is 0 Å². The molecule has 1 aliphatic carbocycles. The van der Waals surface area contributed by atoms with Crippen LogP contribution in [0.1, 0.15) is 647 Å². The van der Waals surface area contributed by atoms with E-state index in [1.54, 1.807) is 0 Å². The molecule has 0 amide bonds. The van der Waals surface area contributed by atoms with Gasteiger partial charge in [-0.3, -0.25) is 4.57 Å². The van der Waals surface area contributed by atoms with Crippen LogP contribution in [-0.4, -0.2) is 14.9 Å². The van der Waals surface area contributed by atoms with Crippen molar-refractivity contribution >= 4 is 7.60 Å². The lowest BCUT2D eigenvalue weighted by Crippen LogP contribution is -2.77. The number of rotatable bonds is 91. The Bertz CT molecular complexity index is 1800. The van der Waals surface area contributed by atoms with Crippen LogP contribution in [0.2, 0.25) is 0 Å². The molecule has 1 aliphatic rings. The van der Waals surface area contributed by atoms with E-state index in [1.807, 2.05) is 0 Å². The number of hydrogen-bond acceptors (Lipinski definition) is 1. The average Bonchev–Trinajstić information content (AvgIpc) is 0.642. The summed E-state index contributed by atoms with van der Waals surface area (Å²) in [5.74, 6) is 0.0472. The van der Waals surface area contributed by atoms with E-state index in [9.17, 15) is 9.79 Å². The van der Waals surface area contributed by atoms with Crippen LogP contribution in [-0.2, 0) is 4.57 Å². The fourth-order valence-corrected chi connectivity index (χ4v) is 26.0. The lowest BCUT2D eigenvalue weighted by atomic mass is 9.26. The molecule has 1 saturated carbocycles. The van der Waals surface area contributed by atoms with Gasteiger partial charge in [-0.1, -0.05) is 583 Å². The van der Waals surface area contributed by atoms with E-state index in [0.717, 1.165) is 38.5 Å². The van der Waals surface area contributed by atoms with Crippen LogP contribution >= 0.6 is 7.60 Å². The maximum atomic E-state index is 18.0. The Hall–Kier alpha value is 0.150. The zero-order chi connectivity index (χ0) is 80.2. The van der Waals surface area contributed by atoms with Gasteiger partial charge in [-0.2, -0.15) is 0 Å². The van der Waals surface area contributed by atoms with Crippen LogP contribution in [0, 0.1) is 27.6 Å². The molecule has 2 N–H and O–H groups in total. The Balaban J connectivity index is 5.60. The van der Waals surface area contributed by atoms with E-state index in [0.29, 0.717) is 0 Å². The largest absolute Gasteiger partial charge is 0.332 e. The molecule has 0 heterocycles. The highest BCUT2D eigenvalue weighted by molar-refractivity contribution is 7.53. The molecule has 110 heavy (non-hydrogen) atoms. The van der Waals surface area contributed by atoms with Crippen molar-refractivity contribution in [1.82, 2.24) is 0 Å². The zero-order valence-corrected chi connectivity index (χ0v) is 79.4. The molecular formula is C106H213O3P. The van der Waals surface area contributed by atoms with Crippen molar-refractivity contribution in [3.05, 3.63) is 0 Å². The van der Waals surface area contributed by atoms with Gasteiger partial charge in [0.25, 0.3) is 0 Å². The van der Waals surface area contributed by atoms with Crippen molar-refractivity contribution in [2.75, 3.05) is 0 Å². The Kier molecular flexibility index (Phi) is 75.3. The van der Waals surface area contributed by atoms with Crippen molar-refractivity contribution in [2.45, 2.75) is 652 Å². The standard InChI is InChI=1S/C106H213O3P/c1-11-21-31-41-51-61-71-81-91-101-102(92-82-72-62-52-42-32-22-12-2,93-83-73-63-53-43-33-23-13-3)103(94-84-74-64-54-44-34-24-14-4,95-85-75-65-55-45-35-25-15-5)104(96-86-76-66-56-46-36-26-16-6,97-87-77-67-57-47-37-27-17-7)105(98-88-78-68-58-48-38-28-18-8,99-89-79-69-59-49-39-29-19-9)106(101,110(107,108)109)100-90-80-70-60-50-40-30-20-10/h101H,11-100H2,1-10H3,(H2,107,108,109). The highest BCUT2D eigenvalue weighted by Gasteiger charge is 2.82. The van der Waals surface area contributed by atoms with Crippen molar-refractivity contribution in [3.63, 3.8) is 0 Å². The quantitative estimate of drug-likeness (QED) is 0.0471. The Morgan fingerprint density at radius 3 is 0.509 bits per heavy atom. The molecule has 660 valence electrons. The average molecular weight is 1570 g/mol. The molecule has 2 unspecified atom stereocenters. The highest BCUT2D eigenvalue weighted by Crippen LogP contribution is 2.88. The molecule has 1 fully saturated rings. The molecule has 0 aromatic carbocycles. The molecule has 0 aromatic rings. The molecule has 0 aliphatic heterocycles. The van der Waals surface area contributed by atoms with Gasteiger partial charge in [0.1, 0.15) is 0 Å². The summed E-state index contributed by atoms with van der Waals surface area (Å²) in [7, 11) is -4.90. The summed E-state index contributed by atoms with van der Waals surface area (Å²) in [6, 6.07) is 0. The second-order valence-corrected chi connectivity index (χ2v) is 40.6. The minimum Gasteiger partial charge on any atom is -0.324 e. The first-order valence-corrected chi connectivity index (χ1v) is 54.7. The third kappa shape index (κ3) is 45.0. The van der Waals surface area contributed by atoms with Crippen LogP contribution in [0.25, 0.3) is 0 Å².